The second-order valence-corrected chi connectivity index (χ2v) is 6.34. The SMILES string of the molecule is CSC1(CNC(=O)NC(=O)COCC(=O)O)CCCCC1. The van der Waals surface area contributed by atoms with Gasteiger partial charge >= 0.3 is 12.0 Å². The van der Waals surface area contributed by atoms with Crippen LogP contribution >= 0.6 is 11.8 Å². The van der Waals surface area contributed by atoms with Crippen molar-refractivity contribution >= 4 is 29.7 Å². The van der Waals surface area contributed by atoms with Gasteiger partial charge in [-0.3, -0.25) is 10.1 Å². The Labute approximate surface area is 128 Å². The molecule has 21 heavy (non-hydrogen) atoms. The van der Waals surface area contributed by atoms with Gasteiger partial charge < -0.3 is 15.2 Å². The summed E-state index contributed by atoms with van der Waals surface area (Å²) in [4.78, 5) is 33.2. The maximum Gasteiger partial charge on any atom is 0.329 e. The minimum Gasteiger partial charge on any atom is -0.480 e. The van der Waals surface area contributed by atoms with E-state index in [4.69, 9.17) is 5.11 Å². The molecule has 0 spiro atoms. The lowest BCUT2D eigenvalue weighted by Crippen LogP contribution is -2.47. The van der Waals surface area contributed by atoms with Gasteiger partial charge in [-0.15, -0.1) is 0 Å². The van der Waals surface area contributed by atoms with Crippen molar-refractivity contribution in [2.45, 2.75) is 36.9 Å². The van der Waals surface area contributed by atoms with E-state index >= 15 is 0 Å². The van der Waals surface area contributed by atoms with E-state index in [2.05, 4.69) is 15.4 Å². The number of hydrogen-bond donors (Lipinski definition) is 3. The van der Waals surface area contributed by atoms with Crippen LogP contribution in [0.5, 0.6) is 0 Å². The maximum atomic E-state index is 11.6. The van der Waals surface area contributed by atoms with E-state index in [1.807, 2.05) is 6.26 Å². The molecule has 0 aromatic rings. The molecule has 1 rings (SSSR count). The maximum absolute atomic E-state index is 11.6. The van der Waals surface area contributed by atoms with Gasteiger partial charge in [0.2, 0.25) is 0 Å². The molecule has 0 bridgehead atoms. The summed E-state index contributed by atoms with van der Waals surface area (Å²) in [5, 5.41) is 13.2. The van der Waals surface area contributed by atoms with Crippen molar-refractivity contribution in [3.8, 4) is 0 Å². The Balaban J connectivity index is 2.26. The molecule has 1 aliphatic carbocycles. The van der Waals surface area contributed by atoms with Crippen molar-refractivity contribution in [1.29, 1.82) is 0 Å². The Morgan fingerprint density at radius 2 is 1.86 bits per heavy atom. The molecule has 120 valence electrons. The Kier molecular flexibility index (Phi) is 7.52. The molecule has 8 heteroatoms. The third-order valence-electron chi connectivity index (χ3n) is 3.48. The van der Waals surface area contributed by atoms with Crippen LogP contribution in [0.4, 0.5) is 4.79 Å². The molecule has 1 saturated carbocycles. The number of carbonyl (C=O) groups is 3. The lowest BCUT2D eigenvalue weighted by atomic mass is 9.88. The van der Waals surface area contributed by atoms with Gasteiger partial charge in [0.25, 0.3) is 5.91 Å². The molecular formula is C13H22N2O5S. The van der Waals surface area contributed by atoms with Gasteiger partial charge in [-0.2, -0.15) is 11.8 Å². The van der Waals surface area contributed by atoms with E-state index in [0.29, 0.717) is 6.54 Å². The van der Waals surface area contributed by atoms with E-state index in [0.717, 1.165) is 25.7 Å². The molecule has 0 heterocycles. The second-order valence-electron chi connectivity index (χ2n) is 5.07. The Morgan fingerprint density at radius 1 is 1.19 bits per heavy atom. The minimum atomic E-state index is -1.16. The first-order chi connectivity index (χ1) is 9.97. The predicted molar refractivity (Wildman–Crippen MR) is 79.3 cm³/mol. The van der Waals surface area contributed by atoms with Crippen LogP contribution in [-0.4, -0.2) is 53.8 Å². The molecule has 0 aromatic carbocycles. The fourth-order valence-corrected chi connectivity index (χ4v) is 3.24. The van der Waals surface area contributed by atoms with Crippen molar-refractivity contribution in [3.63, 3.8) is 0 Å². The summed E-state index contributed by atoms with van der Waals surface area (Å²) in [6.45, 7) is -0.499. The van der Waals surface area contributed by atoms with Crippen LogP contribution < -0.4 is 10.6 Å². The molecule has 7 nitrogen and oxygen atoms in total. The average molecular weight is 318 g/mol. The topological polar surface area (TPSA) is 105 Å². The van der Waals surface area contributed by atoms with Crippen LogP contribution in [0, 0.1) is 0 Å². The Morgan fingerprint density at radius 3 is 2.43 bits per heavy atom. The van der Waals surface area contributed by atoms with Crippen LogP contribution in [0.25, 0.3) is 0 Å². The monoisotopic (exact) mass is 318 g/mol. The van der Waals surface area contributed by atoms with Crippen LogP contribution in [0.15, 0.2) is 0 Å². The summed E-state index contributed by atoms with van der Waals surface area (Å²) in [5.74, 6) is -1.82. The number of carboxylic acids is 1. The third kappa shape index (κ3) is 6.81. The highest BCUT2D eigenvalue weighted by Gasteiger charge is 2.31. The summed E-state index contributed by atoms with van der Waals surface area (Å²) in [6, 6.07) is -0.571. The first-order valence-electron chi connectivity index (χ1n) is 6.90. The quantitative estimate of drug-likeness (QED) is 0.646. The molecule has 1 aliphatic rings. The lowest BCUT2D eigenvalue weighted by molar-refractivity contribution is -0.143. The number of amides is 3. The van der Waals surface area contributed by atoms with E-state index < -0.39 is 31.1 Å². The summed E-state index contributed by atoms with van der Waals surface area (Å²) >= 11 is 1.75. The summed E-state index contributed by atoms with van der Waals surface area (Å²) in [6.07, 6.45) is 7.70. The molecular weight excluding hydrogens is 296 g/mol. The van der Waals surface area contributed by atoms with E-state index in [1.54, 1.807) is 11.8 Å². The number of imide groups is 1. The van der Waals surface area contributed by atoms with Crippen molar-refractivity contribution in [1.82, 2.24) is 10.6 Å². The van der Waals surface area contributed by atoms with Gasteiger partial charge in [0.05, 0.1) is 0 Å². The number of nitrogens with one attached hydrogen (secondary N) is 2. The van der Waals surface area contributed by atoms with Crippen LogP contribution in [0.3, 0.4) is 0 Å². The zero-order chi connectivity index (χ0) is 15.7. The van der Waals surface area contributed by atoms with E-state index in [-0.39, 0.29) is 4.75 Å². The number of aliphatic carboxylic acids is 1. The van der Waals surface area contributed by atoms with Gasteiger partial charge in [0.1, 0.15) is 13.2 Å². The van der Waals surface area contributed by atoms with Crippen molar-refractivity contribution in [3.05, 3.63) is 0 Å². The molecule has 0 saturated heterocycles. The summed E-state index contributed by atoms with van der Waals surface area (Å²) in [5.41, 5.74) is 0. The third-order valence-corrected chi connectivity index (χ3v) is 4.90. The second kappa shape index (κ2) is 8.89. The fourth-order valence-electron chi connectivity index (χ4n) is 2.33. The smallest absolute Gasteiger partial charge is 0.329 e. The number of hydrogen-bond acceptors (Lipinski definition) is 5. The van der Waals surface area contributed by atoms with Crippen LogP contribution in [0.2, 0.25) is 0 Å². The van der Waals surface area contributed by atoms with Gasteiger partial charge in [0.15, 0.2) is 0 Å². The number of thioether (sulfide) groups is 1. The molecule has 3 N–H and O–H groups in total. The highest BCUT2D eigenvalue weighted by Crippen LogP contribution is 2.37. The fraction of sp³-hybridized carbons (Fsp3) is 0.769. The lowest BCUT2D eigenvalue weighted by Gasteiger charge is -2.35. The predicted octanol–water partition coefficient (Wildman–Crippen LogP) is 0.979. The summed E-state index contributed by atoms with van der Waals surface area (Å²) in [7, 11) is 0. The standard InChI is InChI=1S/C13H22N2O5S/c1-21-13(5-3-2-4-6-13)9-14-12(19)15-10(16)7-20-8-11(17)18/h2-9H2,1H3,(H,17,18)(H2,14,15,16,19). The normalized spacial score (nSPS) is 17.0. The van der Waals surface area contributed by atoms with Gasteiger partial charge in [-0.1, -0.05) is 19.3 Å². The number of carbonyl (C=O) groups excluding carboxylic acids is 2. The summed E-state index contributed by atoms with van der Waals surface area (Å²) < 4.78 is 4.65. The van der Waals surface area contributed by atoms with Crippen LogP contribution in [-0.2, 0) is 14.3 Å². The number of carboxylic acid groups (broad SMARTS) is 1. The zero-order valence-electron chi connectivity index (χ0n) is 12.1. The highest BCUT2D eigenvalue weighted by atomic mass is 32.2. The molecule has 0 aliphatic heterocycles. The number of rotatable bonds is 7. The highest BCUT2D eigenvalue weighted by molar-refractivity contribution is 8.00. The molecule has 1 fully saturated rings. The van der Waals surface area contributed by atoms with E-state index in [1.165, 1.54) is 6.42 Å². The Bertz CT molecular complexity index is 383. The molecule has 0 atom stereocenters. The van der Waals surface area contributed by atoms with E-state index in [9.17, 15) is 14.4 Å². The van der Waals surface area contributed by atoms with Crippen molar-refractivity contribution in [2.75, 3.05) is 26.0 Å². The van der Waals surface area contributed by atoms with Gasteiger partial charge in [-0.25, -0.2) is 9.59 Å². The van der Waals surface area contributed by atoms with Gasteiger partial charge in [-0.05, 0) is 19.1 Å². The Hall–Kier alpha value is -1.28. The molecule has 0 aromatic heterocycles. The zero-order valence-corrected chi connectivity index (χ0v) is 13.0. The minimum absolute atomic E-state index is 0.0540. The largest absolute Gasteiger partial charge is 0.480 e. The first-order valence-corrected chi connectivity index (χ1v) is 8.12. The van der Waals surface area contributed by atoms with Crippen molar-refractivity contribution < 1.29 is 24.2 Å². The number of urea groups is 1. The molecule has 0 radical (unpaired) electrons. The average Bonchev–Trinajstić information content (AvgIpc) is 2.46. The van der Waals surface area contributed by atoms with Crippen molar-refractivity contribution in [2.24, 2.45) is 0 Å². The van der Waals surface area contributed by atoms with Gasteiger partial charge in [0, 0.05) is 11.3 Å². The van der Waals surface area contributed by atoms with Crippen LogP contribution in [0.1, 0.15) is 32.1 Å². The number of ether oxygens (including phenoxy) is 1. The molecule has 0 unspecified atom stereocenters. The first kappa shape index (κ1) is 17.8. The molecule has 3 amide bonds.